The maximum atomic E-state index is 13.3. The Kier molecular flexibility index (Phi) is 14.9. The average Bonchev–Trinajstić information content (AvgIpc) is 3.43. The number of alkyl carbamates (subject to hydrolysis) is 1. The van der Waals surface area contributed by atoms with Crippen LogP contribution >= 0.6 is 0 Å². The molecular weight excluding hydrogens is 815 g/mol. The van der Waals surface area contributed by atoms with Gasteiger partial charge in [-0.05, 0) is 79.3 Å². The van der Waals surface area contributed by atoms with Crippen molar-refractivity contribution in [2.24, 2.45) is 23.7 Å². The molecule has 2 aliphatic carbocycles. The van der Waals surface area contributed by atoms with Gasteiger partial charge in [0.2, 0.25) is 17.7 Å². The Labute approximate surface area is 364 Å². The molecular formula is C45H63N5O11Si. The Hall–Kier alpha value is -4.71. The maximum absolute atomic E-state index is 13.3. The standard InChI is InChI=1S/C45H63N5O11Si/c1-26-21-28-12-11-27(2)31(14-13-29-23-30(24-38(53)59-29)61-62(6,7)45(3,4)5)39(28)35(22-26)60-44(57)47-18-20-58-19-17-46-25-37(52)48-33-10-8-9-32-40(33)43(56)50(42(32)55)34-15-16-36(51)49-41(34)54/h8-12,21,26-27,29-31,34-35,39,46H,13-20,22-25H2,1-7H3,(H,47,57)(H,48,52)(H,49,51,54)/t26-,27-,29+,30+,31-,34?,35-,39-/m0/s1. The van der Waals surface area contributed by atoms with E-state index in [4.69, 9.17) is 18.6 Å². The fraction of sp³-hybridized carbons (Fsp3) is 0.622. The predicted octanol–water partition coefficient (Wildman–Crippen LogP) is 5.01. The number of carbonyl (C=O) groups excluding carboxylic acids is 7. The Bertz CT molecular complexity index is 1980. The van der Waals surface area contributed by atoms with Crippen molar-refractivity contribution in [2.45, 2.75) is 122 Å². The first-order valence-corrected chi connectivity index (χ1v) is 24.9. The number of esters is 1. The molecule has 2 saturated heterocycles. The number of fused-ring (bicyclic) bond motifs is 2. The van der Waals surface area contributed by atoms with Crippen LogP contribution in [-0.4, -0.2) is 112 Å². The Morgan fingerprint density at radius 3 is 2.50 bits per heavy atom. The second-order valence-electron chi connectivity index (χ2n) is 18.8. The molecule has 1 unspecified atom stereocenters. The zero-order chi connectivity index (χ0) is 44.9. The van der Waals surface area contributed by atoms with Gasteiger partial charge in [-0.25, -0.2) is 4.79 Å². The van der Waals surface area contributed by atoms with Gasteiger partial charge in [0, 0.05) is 31.8 Å². The molecule has 16 nitrogen and oxygen atoms in total. The predicted molar refractivity (Wildman–Crippen MR) is 231 cm³/mol. The van der Waals surface area contributed by atoms with Crippen LogP contribution in [0.25, 0.3) is 0 Å². The van der Waals surface area contributed by atoms with E-state index in [1.54, 1.807) is 0 Å². The minimum atomic E-state index is -2.05. The topological polar surface area (TPSA) is 208 Å². The van der Waals surface area contributed by atoms with Crippen LogP contribution in [0, 0.1) is 23.7 Å². The number of hydrogen-bond acceptors (Lipinski definition) is 12. The van der Waals surface area contributed by atoms with Gasteiger partial charge >= 0.3 is 12.1 Å². The zero-order valence-electron chi connectivity index (χ0n) is 37.0. The molecule has 1 aromatic rings. The van der Waals surface area contributed by atoms with Gasteiger partial charge in [-0.2, -0.15) is 0 Å². The molecule has 1 aromatic carbocycles. The van der Waals surface area contributed by atoms with Crippen LogP contribution in [0.4, 0.5) is 10.5 Å². The first-order valence-electron chi connectivity index (χ1n) is 22.0. The average molecular weight is 878 g/mol. The molecule has 0 spiro atoms. The molecule has 0 aromatic heterocycles. The van der Waals surface area contributed by atoms with Crippen molar-refractivity contribution < 1.29 is 52.2 Å². The maximum Gasteiger partial charge on any atom is 0.407 e. The third-order valence-electron chi connectivity index (χ3n) is 13.1. The van der Waals surface area contributed by atoms with E-state index in [2.05, 4.69) is 87.2 Å². The molecule has 2 fully saturated rings. The summed E-state index contributed by atoms with van der Waals surface area (Å²) in [5, 5.41) is 10.7. The quantitative estimate of drug-likeness (QED) is 0.0749. The van der Waals surface area contributed by atoms with Crippen molar-refractivity contribution in [2.75, 3.05) is 38.2 Å². The normalized spacial score (nSPS) is 27.5. The highest BCUT2D eigenvalue weighted by Gasteiger charge is 2.47. The number of rotatable bonds is 16. The molecule has 0 saturated carbocycles. The van der Waals surface area contributed by atoms with Gasteiger partial charge in [0.15, 0.2) is 8.32 Å². The number of benzene rings is 1. The number of nitrogens with one attached hydrogen (secondary N) is 4. The number of piperidine rings is 1. The van der Waals surface area contributed by atoms with Crippen LogP contribution in [0.15, 0.2) is 42.0 Å². The summed E-state index contributed by atoms with van der Waals surface area (Å²) in [6, 6.07) is 3.38. The van der Waals surface area contributed by atoms with Crippen molar-refractivity contribution in [3.05, 3.63) is 53.1 Å². The Morgan fingerprint density at radius 2 is 1.76 bits per heavy atom. The summed E-state index contributed by atoms with van der Waals surface area (Å²) < 4.78 is 24.3. The number of hydrogen-bond donors (Lipinski definition) is 4. The molecule has 3 aliphatic heterocycles. The smallest absolute Gasteiger partial charge is 0.407 e. The number of nitrogens with zero attached hydrogens (tertiary/aromatic N) is 1. The molecule has 0 radical (unpaired) electrons. The van der Waals surface area contributed by atoms with Crippen molar-refractivity contribution in [1.29, 1.82) is 0 Å². The summed E-state index contributed by atoms with van der Waals surface area (Å²) in [5.74, 6) is -2.51. The molecule has 3 heterocycles. The third-order valence-corrected chi connectivity index (χ3v) is 17.7. The molecule has 0 bridgehead atoms. The monoisotopic (exact) mass is 877 g/mol. The van der Waals surface area contributed by atoms with Gasteiger partial charge in [0.05, 0.1) is 49.1 Å². The van der Waals surface area contributed by atoms with Crippen molar-refractivity contribution >= 4 is 55.6 Å². The van der Waals surface area contributed by atoms with Crippen LogP contribution in [-0.2, 0) is 37.8 Å². The number of amides is 6. The first kappa shape index (κ1) is 46.8. The SMILES string of the molecule is C[C@H]1C=C2C=C[C@H](C)[C@H](CC[C@@H]3C[C@@H](O[Si](C)(C)C(C)(C)C)CC(=O)O3)[C@H]2[C@@H](OC(=O)NCCOCCNCC(=O)Nc2cccc3c2C(=O)N(C2CCC(=O)NC2=O)C3=O)C1. The minimum absolute atomic E-state index is 0.00287. The first-order chi connectivity index (χ1) is 29.3. The van der Waals surface area contributed by atoms with Gasteiger partial charge in [0.25, 0.3) is 11.8 Å². The van der Waals surface area contributed by atoms with E-state index >= 15 is 0 Å². The van der Waals surface area contributed by atoms with E-state index in [1.165, 1.54) is 23.8 Å². The second kappa shape index (κ2) is 19.8. The Balaban J connectivity index is 0.910. The van der Waals surface area contributed by atoms with Crippen LogP contribution in [0.2, 0.25) is 18.1 Å². The lowest BCUT2D eigenvalue weighted by molar-refractivity contribution is -0.160. The number of cyclic esters (lactones) is 1. The summed E-state index contributed by atoms with van der Waals surface area (Å²) in [6.07, 6.45) is 8.74. The lowest BCUT2D eigenvalue weighted by Gasteiger charge is -2.44. The van der Waals surface area contributed by atoms with E-state index < -0.39 is 50.0 Å². The number of allylic oxidation sites excluding steroid dienone is 3. The highest BCUT2D eigenvalue weighted by molar-refractivity contribution is 6.74. The van der Waals surface area contributed by atoms with Gasteiger partial charge in [-0.1, -0.05) is 58.9 Å². The molecule has 6 amide bonds. The minimum Gasteiger partial charge on any atom is -0.462 e. The van der Waals surface area contributed by atoms with Crippen molar-refractivity contribution in [1.82, 2.24) is 20.9 Å². The fourth-order valence-electron chi connectivity index (χ4n) is 8.97. The second-order valence-corrected chi connectivity index (χ2v) is 23.6. The highest BCUT2D eigenvalue weighted by Crippen LogP contribution is 2.46. The van der Waals surface area contributed by atoms with E-state index in [0.29, 0.717) is 25.8 Å². The Morgan fingerprint density at radius 1 is 1.00 bits per heavy atom. The van der Waals surface area contributed by atoms with Crippen LogP contribution < -0.4 is 21.3 Å². The molecule has 338 valence electrons. The van der Waals surface area contributed by atoms with Crippen molar-refractivity contribution in [3.63, 3.8) is 0 Å². The summed E-state index contributed by atoms with van der Waals surface area (Å²) in [7, 11) is -2.05. The number of imide groups is 2. The molecule has 8 atom stereocenters. The van der Waals surface area contributed by atoms with Crippen LogP contribution in [0.1, 0.15) is 100 Å². The number of ether oxygens (including phenoxy) is 3. The zero-order valence-corrected chi connectivity index (χ0v) is 38.0. The lowest BCUT2D eigenvalue weighted by atomic mass is 9.65. The summed E-state index contributed by atoms with van der Waals surface area (Å²) >= 11 is 0. The van der Waals surface area contributed by atoms with Crippen LogP contribution in [0.3, 0.4) is 0 Å². The summed E-state index contributed by atoms with van der Waals surface area (Å²) in [6.45, 7) is 16.3. The fourth-order valence-corrected chi connectivity index (χ4v) is 10.3. The van der Waals surface area contributed by atoms with Crippen LogP contribution in [0.5, 0.6) is 0 Å². The van der Waals surface area contributed by atoms with Crippen molar-refractivity contribution in [3.8, 4) is 0 Å². The van der Waals surface area contributed by atoms with Gasteiger partial charge < -0.3 is 34.6 Å². The highest BCUT2D eigenvalue weighted by atomic mass is 28.4. The number of carbonyl (C=O) groups is 7. The van der Waals surface area contributed by atoms with E-state index in [1.807, 2.05) is 0 Å². The van der Waals surface area contributed by atoms with E-state index in [9.17, 15) is 33.6 Å². The summed E-state index contributed by atoms with van der Waals surface area (Å²) in [5.41, 5.74) is 1.39. The molecule has 5 aliphatic rings. The van der Waals surface area contributed by atoms with Gasteiger partial charge in [0.1, 0.15) is 18.2 Å². The number of anilines is 1. The van der Waals surface area contributed by atoms with Gasteiger partial charge in [-0.15, -0.1) is 0 Å². The molecule has 62 heavy (non-hydrogen) atoms. The van der Waals surface area contributed by atoms with Gasteiger partial charge in [-0.3, -0.25) is 39.0 Å². The molecule has 17 heteroatoms. The molecule has 4 N–H and O–H groups in total. The van der Waals surface area contributed by atoms with E-state index in [-0.39, 0.29) is 115 Å². The lowest BCUT2D eigenvalue weighted by Crippen LogP contribution is -2.54. The largest absolute Gasteiger partial charge is 0.462 e. The van der Waals surface area contributed by atoms with E-state index in [0.717, 1.165) is 11.3 Å². The molecule has 6 rings (SSSR count). The summed E-state index contributed by atoms with van der Waals surface area (Å²) in [4.78, 5) is 89.8. The third kappa shape index (κ3) is 11.1.